The molecule has 0 aromatic carbocycles. The highest BCUT2D eigenvalue weighted by Crippen LogP contribution is 2.16. The van der Waals surface area contributed by atoms with Crippen LogP contribution in [0, 0.1) is 5.92 Å². The number of nitrogens with one attached hydrogen (secondary N) is 1. The fraction of sp³-hybridized carbons (Fsp3) is 1.00. The van der Waals surface area contributed by atoms with Gasteiger partial charge in [0, 0.05) is 25.3 Å². The minimum absolute atomic E-state index is 0.266. The fourth-order valence-corrected chi connectivity index (χ4v) is 1.81. The van der Waals surface area contributed by atoms with Gasteiger partial charge in [-0.25, -0.2) is 0 Å². The van der Waals surface area contributed by atoms with Crippen LogP contribution in [0.4, 0.5) is 0 Å². The SMILES string of the molecule is CC(CCO)NC(C)C1CCOC1. The first kappa shape index (κ1) is 11.0. The summed E-state index contributed by atoms with van der Waals surface area (Å²) < 4.78 is 5.33. The lowest BCUT2D eigenvalue weighted by Crippen LogP contribution is -2.40. The van der Waals surface area contributed by atoms with Gasteiger partial charge in [-0.2, -0.15) is 0 Å². The summed E-state index contributed by atoms with van der Waals surface area (Å²) in [4.78, 5) is 0. The molecule has 3 nitrogen and oxygen atoms in total. The molecule has 0 radical (unpaired) electrons. The first-order valence-electron chi connectivity index (χ1n) is 5.18. The maximum atomic E-state index is 8.75. The predicted octanol–water partition coefficient (Wildman–Crippen LogP) is 0.772. The van der Waals surface area contributed by atoms with Gasteiger partial charge in [0.25, 0.3) is 0 Å². The van der Waals surface area contributed by atoms with E-state index in [1.807, 2.05) is 0 Å². The van der Waals surface area contributed by atoms with Gasteiger partial charge in [0.2, 0.25) is 0 Å². The van der Waals surface area contributed by atoms with E-state index in [4.69, 9.17) is 9.84 Å². The van der Waals surface area contributed by atoms with Crippen molar-refractivity contribution in [3.63, 3.8) is 0 Å². The third-order valence-electron chi connectivity index (χ3n) is 2.78. The molecule has 0 spiro atoms. The maximum Gasteiger partial charge on any atom is 0.0509 e. The Kier molecular flexibility index (Phi) is 4.70. The third-order valence-corrected chi connectivity index (χ3v) is 2.78. The minimum Gasteiger partial charge on any atom is -0.396 e. The molecule has 3 heteroatoms. The molecular weight excluding hydrogens is 166 g/mol. The van der Waals surface area contributed by atoms with Crippen LogP contribution in [0.3, 0.4) is 0 Å². The molecule has 1 aliphatic rings. The zero-order chi connectivity index (χ0) is 9.68. The summed E-state index contributed by atoms with van der Waals surface area (Å²) in [6, 6.07) is 0.907. The van der Waals surface area contributed by atoms with Gasteiger partial charge in [0.1, 0.15) is 0 Å². The normalized spacial score (nSPS) is 27.5. The van der Waals surface area contributed by atoms with Crippen LogP contribution in [-0.2, 0) is 4.74 Å². The molecule has 0 saturated carbocycles. The second-order valence-corrected chi connectivity index (χ2v) is 3.99. The minimum atomic E-state index is 0.266. The summed E-state index contributed by atoms with van der Waals surface area (Å²) in [5.74, 6) is 0.654. The molecule has 1 saturated heterocycles. The Morgan fingerprint density at radius 2 is 2.31 bits per heavy atom. The van der Waals surface area contributed by atoms with Gasteiger partial charge in [0.05, 0.1) is 6.61 Å². The highest BCUT2D eigenvalue weighted by molar-refractivity contribution is 4.77. The Labute approximate surface area is 80.5 Å². The summed E-state index contributed by atoms with van der Waals surface area (Å²) in [7, 11) is 0. The van der Waals surface area contributed by atoms with Crippen molar-refractivity contribution >= 4 is 0 Å². The van der Waals surface area contributed by atoms with Crippen LogP contribution >= 0.6 is 0 Å². The highest BCUT2D eigenvalue weighted by Gasteiger charge is 2.22. The molecule has 3 unspecified atom stereocenters. The van der Waals surface area contributed by atoms with E-state index in [2.05, 4.69) is 19.2 Å². The first-order valence-corrected chi connectivity index (χ1v) is 5.18. The van der Waals surface area contributed by atoms with Crippen LogP contribution in [-0.4, -0.2) is 37.0 Å². The van der Waals surface area contributed by atoms with Crippen molar-refractivity contribution in [2.24, 2.45) is 5.92 Å². The van der Waals surface area contributed by atoms with Crippen molar-refractivity contribution < 1.29 is 9.84 Å². The lowest BCUT2D eigenvalue weighted by atomic mass is 10.00. The maximum absolute atomic E-state index is 8.75. The van der Waals surface area contributed by atoms with E-state index < -0.39 is 0 Å². The van der Waals surface area contributed by atoms with Gasteiger partial charge in [-0.15, -0.1) is 0 Å². The topological polar surface area (TPSA) is 41.5 Å². The van der Waals surface area contributed by atoms with Crippen LogP contribution in [0.1, 0.15) is 26.7 Å². The lowest BCUT2D eigenvalue weighted by Gasteiger charge is -2.23. The van der Waals surface area contributed by atoms with Gasteiger partial charge in [-0.3, -0.25) is 0 Å². The van der Waals surface area contributed by atoms with E-state index in [-0.39, 0.29) is 6.61 Å². The molecule has 13 heavy (non-hydrogen) atoms. The van der Waals surface area contributed by atoms with Crippen LogP contribution < -0.4 is 5.32 Å². The number of ether oxygens (including phenoxy) is 1. The number of hydrogen-bond donors (Lipinski definition) is 2. The molecule has 78 valence electrons. The van der Waals surface area contributed by atoms with Crippen molar-refractivity contribution in [1.82, 2.24) is 5.32 Å². The molecule has 0 amide bonds. The summed E-state index contributed by atoms with van der Waals surface area (Å²) in [5, 5.41) is 12.2. The van der Waals surface area contributed by atoms with E-state index in [0.717, 1.165) is 19.6 Å². The Balaban J connectivity index is 2.18. The van der Waals surface area contributed by atoms with Gasteiger partial charge < -0.3 is 15.2 Å². The largest absolute Gasteiger partial charge is 0.396 e. The van der Waals surface area contributed by atoms with Crippen LogP contribution in [0.2, 0.25) is 0 Å². The predicted molar refractivity (Wildman–Crippen MR) is 52.7 cm³/mol. The van der Waals surface area contributed by atoms with Gasteiger partial charge in [-0.05, 0) is 32.6 Å². The summed E-state index contributed by atoms with van der Waals surface area (Å²) in [6.07, 6.45) is 2.00. The fourth-order valence-electron chi connectivity index (χ4n) is 1.81. The second kappa shape index (κ2) is 5.58. The average Bonchev–Trinajstić information content (AvgIpc) is 2.55. The standard InChI is InChI=1S/C10H21NO2/c1-8(3-5-12)11-9(2)10-4-6-13-7-10/h8-12H,3-7H2,1-2H3. The summed E-state index contributed by atoms with van der Waals surface area (Å²) in [5.41, 5.74) is 0. The van der Waals surface area contributed by atoms with Gasteiger partial charge >= 0.3 is 0 Å². The van der Waals surface area contributed by atoms with Crippen molar-refractivity contribution in [2.75, 3.05) is 19.8 Å². The molecular formula is C10H21NO2. The molecule has 1 heterocycles. The number of aliphatic hydroxyl groups is 1. The molecule has 1 aliphatic heterocycles. The smallest absolute Gasteiger partial charge is 0.0509 e. The molecule has 3 atom stereocenters. The molecule has 0 aliphatic carbocycles. The molecule has 1 fully saturated rings. The number of rotatable bonds is 5. The van der Waals surface area contributed by atoms with Crippen LogP contribution in [0.15, 0.2) is 0 Å². The van der Waals surface area contributed by atoms with Crippen molar-refractivity contribution in [1.29, 1.82) is 0 Å². The van der Waals surface area contributed by atoms with Crippen molar-refractivity contribution in [3.8, 4) is 0 Å². The average molecular weight is 187 g/mol. The van der Waals surface area contributed by atoms with Crippen LogP contribution in [0.25, 0.3) is 0 Å². The first-order chi connectivity index (χ1) is 6.24. The zero-order valence-corrected chi connectivity index (χ0v) is 8.62. The Hall–Kier alpha value is -0.120. The van der Waals surface area contributed by atoms with Gasteiger partial charge in [0.15, 0.2) is 0 Å². The van der Waals surface area contributed by atoms with Crippen molar-refractivity contribution in [2.45, 2.75) is 38.8 Å². The van der Waals surface area contributed by atoms with Crippen LogP contribution in [0.5, 0.6) is 0 Å². The molecule has 1 rings (SSSR count). The molecule has 0 bridgehead atoms. The molecule has 0 aromatic heterocycles. The summed E-state index contributed by atoms with van der Waals surface area (Å²) in [6.45, 7) is 6.38. The second-order valence-electron chi connectivity index (χ2n) is 3.99. The van der Waals surface area contributed by atoms with Gasteiger partial charge in [-0.1, -0.05) is 0 Å². The third kappa shape index (κ3) is 3.63. The lowest BCUT2D eigenvalue weighted by molar-refractivity contribution is 0.175. The molecule has 0 aromatic rings. The van der Waals surface area contributed by atoms with E-state index in [1.165, 1.54) is 6.42 Å². The number of aliphatic hydroxyl groups excluding tert-OH is 1. The Morgan fingerprint density at radius 3 is 2.85 bits per heavy atom. The quantitative estimate of drug-likeness (QED) is 0.668. The van der Waals surface area contributed by atoms with Crippen molar-refractivity contribution in [3.05, 3.63) is 0 Å². The van der Waals surface area contributed by atoms with E-state index in [0.29, 0.717) is 18.0 Å². The summed E-state index contributed by atoms with van der Waals surface area (Å²) >= 11 is 0. The Bertz CT molecular complexity index is 135. The number of hydrogen-bond acceptors (Lipinski definition) is 3. The van der Waals surface area contributed by atoms with E-state index in [1.54, 1.807) is 0 Å². The Morgan fingerprint density at radius 1 is 1.54 bits per heavy atom. The van der Waals surface area contributed by atoms with E-state index in [9.17, 15) is 0 Å². The highest BCUT2D eigenvalue weighted by atomic mass is 16.5. The molecule has 2 N–H and O–H groups in total. The monoisotopic (exact) mass is 187 g/mol. The van der Waals surface area contributed by atoms with E-state index >= 15 is 0 Å². The zero-order valence-electron chi connectivity index (χ0n) is 8.62.